The zero-order valence-electron chi connectivity index (χ0n) is 7.80. The first-order valence-corrected chi connectivity index (χ1v) is 4.82. The lowest BCUT2D eigenvalue weighted by Crippen LogP contribution is -2.41. The fourth-order valence-electron chi connectivity index (χ4n) is 1.40. The van der Waals surface area contributed by atoms with Crippen molar-refractivity contribution < 1.29 is 4.39 Å². The summed E-state index contributed by atoms with van der Waals surface area (Å²) in [6, 6.07) is 0. The van der Waals surface area contributed by atoms with Gasteiger partial charge in [0, 0.05) is 32.7 Å². The Morgan fingerprint density at radius 2 is 2.08 bits per heavy atom. The molecule has 0 aromatic heterocycles. The lowest BCUT2D eigenvalue weighted by molar-refractivity contribution is 0.201. The van der Waals surface area contributed by atoms with Crippen molar-refractivity contribution in [2.75, 3.05) is 32.7 Å². The van der Waals surface area contributed by atoms with Crippen molar-refractivity contribution in [2.45, 2.75) is 25.9 Å². The summed E-state index contributed by atoms with van der Waals surface area (Å²) in [4.78, 5) is 2.30. The van der Waals surface area contributed by atoms with E-state index in [2.05, 4.69) is 10.2 Å². The lowest BCUT2D eigenvalue weighted by Gasteiger charge is -2.26. The topological polar surface area (TPSA) is 17.3 Å². The SMILES string of the molecule is CCC(F)CCN1CC[N]CC1. The highest BCUT2D eigenvalue weighted by Crippen LogP contribution is 2.04. The van der Waals surface area contributed by atoms with Crippen LogP contribution < -0.4 is 5.32 Å². The standard InChI is InChI=1S/C9H18FN2/c1-2-9(10)3-6-12-7-4-11-5-8-12/h9H,2-8H2,1H3. The van der Waals surface area contributed by atoms with E-state index in [1.165, 1.54) is 0 Å². The van der Waals surface area contributed by atoms with Crippen LogP contribution in [0, 0.1) is 0 Å². The molecule has 0 saturated carbocycles. The van der Waals surface area contributed by atoms with Crippen LogP contribution in [0.4, 0.5) is 4.39 Å². The van der Waals surface area contributed by atoms with Crippen LogP contribution in [-0.4, -0.2) is 43.8 Å². The largest absolute Gasteiger partial charge is 0.301 e. The van der Waals surface area contributed by atoms with Gasteiger partial charge in [0.05, 0.1) is 0 Å². The number of hydrogen-bond acceptors (Lipinski definition) is 1. The van der Waals surface area contributed by atoms with E-state index in [1.807, 2.05) is 6.92 Å². The number of piperazine rings is 1. The van der Waals surface area contributed by atoms with Crippen LogP contribution in [0.5, 0.6) is 0 Å². The fraction of sp³-hybridized carbons (Fsp3) is 1.00. The average molecular weight is 173 g/mol. The average Bonchev–Trinajstić information content (AvgIpc) is 2.16. The van der Waals surface area contributed by atoms with Gasteiger partial charge in [0.1, 0.15) is 6.17 Å². The van der Waals surface area contributed by atoms with Gasteiger partial charge >= 0.3 is 0 Å². The second-order valence-corrected chi connectivity index (χ2v) is 3.31. The molecule has 71 valence electrons. The van der Waals surface area contributed by atoms with Gasteiger partial charge < -0.3 is 4.90 Å². The third kappa shape index (κ3) is 3.50. The van der Waals surface area contributed by atoms with Crippen LogP contribution in [0.25, 0.3) is 0 Å². The first kappa shape index (κ1) is 9.93. The molecule has 1 saturated heterocycles. The Morgan fingerprint density at radius 3 is 2.67 bits per heavy atom. The maximum atomic E-state index is 12.8. The van der Waals surface area contributed by atoms with Crippen molar-refractivity contribution in [3.63, 3.8) is 0 Å². The molecular formula is C9H18FN2. The highest BCUT2D eigenvalue weighted by Gasteiger charge is 2.11. The maximum absolute atomic E-state index is 12.8. The second-order valence-electron chi connectivity index (χ2n) is 3.31. The highest BCUT2D eigenvalue weighted by atomic mass is 19.1. The Bertz CT molecular complexity index is 113. The van der Waals surface area contributed by atoms with Crippen LogP contribution >= 0.6 is 0 Å². The van der Waals surface area contributed by atoms with Gasteiger partial charge in [-0.2, -0.15) is 0 Å². The third-order valence-corrected chi connectivity index (χ3v) is 2.35. The van der Waals surface area contributed by atoms with Gasteiger partial charge in [-0.1, -0.05) is 6.92 Å². The van der Waals surface area contributed by atoms with Crippen molar-refractivity contribution in [1.29, 1.82) is 0 Å². The summed E-state index contributed by atoms with van der Waals surface area (Å²) in [5, 5.41) is 4.24. The van der Waals surface area contributed by atoms with Crippen LogP contribution in [-0.2, 0) is 0 Å². The first-order valence-electron chi connectivity index (χ1n) is 4.82. The number of alkyl halides is 1. The molecule has 0 aromatic rings. The molecule has 3 heteroatoms. The molecule has 1 atom stereocenters. The number of nitrogens with zero attached hydrogens (tertiary/aromatic N) is 2. The third-order valence-electron chi connectivity index (χ3n) is 2.35. The van der Waals surface area contributed by atoms with Crippen molar-refractivity contribution in [2.24, 2.45) is 0 Å². The minimum absolute atomic E-state index is 0.608. The summed E-state index contributed by atoms with van der Waals surface area (Å²) in [6.07, 6.45) is 0.734. The van der Waals surface area contributed by atoms with E-state index in [9.17, 15) is 4.39 Å². The van der Waals surface area contributed by atoms with Crippen LogP contribution in [0.2, 0.25) is 0 Å². The van der Waals surface area contributed by atoms with Crippen molar-refractivity contribution in [3.8, 4) is 0 Å². The Balaban J connectivity index is 2.05. The molecule has 0 aliphatic carbocycles. The Morgan fingerprint density at radius 1 is 1.42 bits per heavy atom. The van der Waals surface area contributed by atoms with Gasteiger partial charge in [0.25, 0.3) is 0 Å². The maximum Gasteiger partial charge on any atom is 0.101 e. The quantitative estimate of drug-likeness (QED) is 0.621. The molecular weight excluding hydrogens is 155 g/mol. The molecule has 1 heterocycles. The van der Waals surface area contributed by atoms with Crippen LogP contribution in [0.15, 0.2) is 0 Å². The van der Waals surface area contributed by atoms with E-state index in [4.69, 9.17) is 0 Å². The van der Waals surface area contributed by atoms with Crippen molar-refractivity contribution in [1.82, 2.24) is 10.2 Å². The molecule has 1 aliphatic heterocycles. The summed E-state index contributed by atoms with van der Waals surface area (Å²) in [7, 11) is 0. The minimum Gasteiger partial charge on any atom is -0.301 e. The van der Waals surface area contributed by atoms with Gasteiger partial charge in [-0.05, 0) is 12.8 Å². The van der Waals surface area contributed by atoms with Crippen LogP contribution in [0.1, 0.15) is 19.8 Å². The van der Waals surface area contributed by atoms with Crippen LogP contribution in [0.3, 0.4) is 0 Å². The predicted octanol–water partition coefficient (Wildman–Crippen LogP) is 1.04. The monoisotopic (exact) mass is 173 g/mol. The Kier molecular flexibility index (Phi) is 4.54. The molecule has 0 amide bonds. The molecule has 0 aromatic carbocycles. The predicted molar refractivity (Wildman–Crippen MR) is 48.1 cm³/mol. The van der Waals surface area contributed by atoms with Gasteiger partial charge in [-0.15, -0.1) is 0 Å². The Labute approximate surface area is 74.1 Å². The number of hydrogen-bond donors (Lipinski definition) is 0. The molecule has 0 spiro atoms. The van der Waals surface area contributed by atoms with E-state index in [0.29, 0.717) is 12.8 Å². The van der Waals surface area contributed by atoms with Gasteiger partial charge in [-0.25, -0.2) is 9.71 Å². The van der Waals surface area contributed by atoms with Crippen molar-refractivity contribution in [3.05, 3.63) is 0 Å². The lowest BCUT2D eigenvalue weighted by atomic mass is 10.2. The number of rotatable bonds is 4. The Hall–Kier alpha value is -0.150. The molecule has 2 nitrogen and oxygen atoms in total. The summed E-state index contributed by atoms with van der Waals surface area (Å²) in [5.41, 5.74) is 0. The summed E-state index contributed by atoms with van der Waals surface area (Å²) >= 11 is 0. The highest BCUT2D eigenvalue weighted by molar-refractivity contribution is 4.68. The summed E-state index contributed by atoms with van der Waals surface area (Å²) in [5.74, 6) is 0. The zero-order valence-corrected chi connectivity index (χ0v) is 7.80. The molecule has 1 rings (SSSR count). The molecule has 0 N–H and O–H groups in total. The minimum atomic E-state index is -0.608. The summed E-state index contributed by atoms with van der Waals surface area (Å²) in [6.45, 7) is 6.72. The van der Waals surface area contributed by atoms with E-state index in [-0.39, 0.29) is 0 Å². The van der Waals surface area contributed by atoms with E-state index >= 15 is 0 Å². The zero-order chi connectivity index (χ0) is 8.81. The van der Waals surface area contributed by atoms with Gasteiger partial charge in [0.2, 0.25) is 0 Å². The second kappa shape index (κ2) is 5.49. The van der Waals surface area contributed by atoms with Crippen molar-refractivity contribution >= 4 is 0 Å². The fourth-order valence-corrected chi connectivity index (χ4v) is 1.40. The molecule has 1 aliphatic rings. The molecule has 1 fully saturated rings. The smallest absolute Gasteiger partial charge is 0.101 e. The molecule has 12 heavy (non-hydrogen) atoms. The molecule has 1 radical (unpaired) electrons. The van der Waals surface area contributed by atoms with E-state index < -0.39 is 6.17 Å². The summed E-state index contributed by atoms with van der Waals surface area (Å²) < 4.78 is 12.8. The van der Waals surface area contributed by atoms with Gasteiger partial charge in [-0.3, -0.25) is 0 Å². The van der Waals surface area contributed by atoms with Gasteiger partial charge in [0.15, 0.2) is 0 Å². The number of halogens is 1. The normalized spacial score (nSPS) is 22.5. The molecule has 1 unspecified atom stereocenters. The van der Waals surface area contributed by atoms with E-state index in [1.54, 1.807) is 0 Å². The first-order chi connectivity index (χ1) is 5.83. The molecule has 0 bridgehead atoms. The van der Waals surface area contributed by atoms with E-state index in [0.717, 1.165) is 32.7 Å².